The molecule has 2 aromatic carbocycles. The van der Waals surface area contributed by atoms with Crippen LogP contribution in [0.4, 0.5) is 11.5 Å². The van der Waals surface area contributed by atoms with E-state index in [-0.39, 0.29) is 11.4 Å². The van der Waals surface area contributed by atoms with Gasteiger partial charge in [0.1, 0.15) is 5.75 Å². The van der Waals surface area contributed by atoms with Crippen LogP contribution in [0.5, 0.6) is 5.75 Å². The number of phenols is 1. The van der Waals surface area contributed by atoms with E-state index in [1.54, 1.807) is 54.5 Å². The van der Waals surface area contributed by atoms with Crippen molar-refractivity contribution in [2.24, 2.45) is 5.10 Å². The summed E-state index contributed by atoms with van der Waals surface area (Å²) in [5.41, 5.74) is 2.75. The van der Waals surface area contributed by atoms with Crippen LogP contribution in [0.3, 0.4) is 0 Å². The number of nitro groups is 1. The highest BCUT2D eigenvalue weighted by Gasteiger charge is 2.12. The third-order valence-electron chi connectivity index (χ3n) is 4.11. The van der Waals surface area contributed by atoms with Gasteiger partial charge in [0.15, 0.2) is 11.6 Å². The third-order valence-corrected chi connectivity index (χ3v) is 4.11. The fourth-order valence-corrected chi connectivity index (χ4v) is 2.66. The Labute approximate surface area is 162 Å². The quantitative estimate of drug-likeness (QED) is 0.410. The summed E-state index contributed by atoms with van der Waals surface area (Å²) in [6.07, 6.45) is 0. The predicted molar refractivity (Wildman–Crippen MR) is 108 cm³/mol. The molecule has 3 rings (SSSR count). The summed E-state index contributed by atoms with van der Waals surface area (Å²) < 4.78 is 0. The van der Waals surface area contributed by atoms with Gasteiger partial charge in [-0.2, -0.15) is 5.10 Å². The van der Waals surface area contributed by atoms with Crippen LogP contribution in [0.1, 0.15) is 18.2 Å². The van der Waals surface area contributed by atoms with E-state index in [4.69, 9.17) is 0 Å². The first-order valence-corrected chi connectivity index (χ1v) is 8.53. The Balaban J connectivity index is 1.91. The monoisotopic (exact) mass is 377 g/mol. The summed E-state index contributed by atoms with van der Waals surface area (Å²) in [5, 5.41) is 27.0. The lowest BCUT2D eigenvalue weighted by atomic mass is 10.1. The average Bonchev–Trinajstić information content (AvgIpc) is 2.67. The normalized spacial score (nSPS) is 11.3. The van der Waals surface area contributed by atoms with Gasteiger partial charge in [-0.15, -0.1) is 0 Å². The zero-order valence-corrected chi connectivity index (χ0v) is 15.7. The van der Waals surface area contributed by atoms with E-state index in [1.165, 1.54) is 12.1 Å². The minimum Gasteiger partial charge on any atom is -0.507 e. The van der Waals surface area contributed by atoms with Crippen molar-refractivity contribution in [3.63, 3.8) is 0 Å². The van der Waals surface area contributed by atoms with Gasteiger partial charge in [-0.1, -0.05) is 12.1 Å². The molecule has 8 nitrogen and oxygen atoms in total. The molecule has 0 bridgehead atoms. The van der Waals surface area contributed by atoms with E-state index in [9.17, 15) is 15.2 Å². The van der Waals surface area contributed by atoms with Gasteiger partial charge < -0.3 is 5.11 Å². The molecule has 1 heterocycles. The van der Waals surface area contributed by atoms with E-state index < -0.39 is 4.92 Å². The smallest absolute Gasteiger partial charge is 0.269 e. The van der Waals surface area contributed by atoms with E-state index in [0.717, 1.165) is 11.3 Å². The molecule has 1 aromatic heterocycles. The molecule has 0 atom stereocenters. The van der Waals surface area contributed by atoms with Crippen molar-refractivity contribution in [2.75, 3.05) is 12.1 Å². The molecule has 0 radical (unpaired) electrons. The Morgan fingerprint density at radius 1 is 1.14 bits per heavy atom. The van der Waals surface area contributed by atoms with Crippen LogP contribution in [-0.4, -0.2) is 32.8 Å². The highest BCUT2D eigenvalue weighted by molar-refractivity contribution is 5.99. The number of hydrazone groups is 1. The Morgan fingerprint density at radius 3 is 2.46 bits per heavy atom. The number of phenolic OH excluding ortho intramolecular Hbond substituents is 1. The number of anilines is 1. The number of benzene rings is 2. The first-order valence-electron chi connectivity index (χ1n) is 8.53. The van der Waals surface area contributed by atoms with E-state index >= 15 is 0 Å². The molecule has 0 saturated heterocycles. The largest absolute Gasteiger partial charge is 0.507 e. The lowest BCUT2D eigenvalue weighted by Crippen LogP contribution is -2.15. The Morgan fingerprint density at radius 2 is 1.82 bits per heavy atom. The SMILES string of the molecule is CC(=NN(C)c1cc(C)nc(-c2ccccc2O)n1)c1ccc([N+](=O)[O-])cc1. The summed E-state index contributed by atoms with van der Waals surface area (Å²) in [6.45, 7) is 3.66. The van der Waals surface area contributed by atoms with Gasteiger partial charge in [0.05, 0.1) is 16.2 Å². The minimum atomic E-state index is -0.438. The van der Waals surface area contributed by atoms with Crippen molar-refractivity contribution in [1.82, 2.24) is 9.97 Å². The molecule has 0 aliphatic carbocycles. The Bertz CT molecular complexity index is 1050. The van der Waals surface area contributed by atoms with Crippen molar-refractivity contribution in [2.45, 2.75) is 13.8 Å². The van der Waals surface area contributed by atoms with Crippen molar-refractivity contribution in [1.29, 1.82) is 0 Å². The molecule has 3 aromatic rings. The minimum absolute atomic E-state index is 0.0311. The van der Waals surface area contributed by atoms with Crippen LogP contribution >= 0.6 is 0 Å². The predicted octanol–water partition coefficient (Wildman–Crippen LogP) is 3.93. The van der Waals surface area contributed by atoms with Crippen LogP contribution in [0.2, 0.25) is 0 Å². The fourth-order valence-electron chi connectivity index (χ4n) is 2.66. The zero-order valence-electron chi connectivity index (χ0n) is 15.7. The first kappa shape index (κ1) is 19.0. The second-order valence-electron chi connectivity index (χ2n) is 6.22. The van der Waals surface area contributed by atoms with Crippen LogP contribution < -0.4 is 5.01 Å². The molecule has 0 amide bonds. The Hall–Kier alpha value is -3.81. The molecule has 0 saturated carbocycles. The van der Waals surface area contributed by atoms with Crippen LogP contribution in [-0.2, 0) is 0 Å². The van der Waals surface area contributed by atoms with E-state index in [1.807, 2.05) is 13.8 Å². The number of hydrogen-bond donors (Lipinski definition) is 1. The van der Waals surface area contributed by atoms with E-state index in [0.29, 0.717) is 22.9 Å². The number of nitrogens with zero attached hydrogens (tertiary/aromatic N) is 5. The second-order valence-corrected chi connectivity index (χ2v) is 6.22. The van der Waals surface area contributed by atoms with Crippen molar-refractivity contribution in [3.05, 3.63) is 76.0 Å². The van der Waals surface area contributed by atoms with E-state index in [2.05, 4.69) is 15.1 Å². The molecular formula is C20H19N5O3. The van der Waals surface area contributed by atoms with Crippen molar-refractivity contribution < 1.29 is 10.0 Å². The summed E-state index contributed by atoms with van der Waals surface area (Å²) in [7, 11) is 1.76. The Kier molecular flexibility index (Phi) is 5.30. The number of aromatic nitrogens is 2. The number of non-ortho nitro benzene ring substituents is 1. The summed E-state index contributed by atoms with van der Waals surface area (Å²) in [4.78, 5) is 19.3. The maximum absolute atomic E-state index is 10.8. The molecule has 8 heteroatoms. The molecule has 0 aliphatic rings. The number of para-hydroxylation sites is 1. The van der Waals surface area contributed by atoms with Crippen LogP contribution in [0.15, 0.2) is 59.7 Å². The van der Waals surface area contributed by atoms with Crippen LogP contribution in [0.25, 0.3) is 11.4 Å². The summed E-state index contributed by atoms with van der Waals surface area (Å²) >= 11 is 0. The third kappa shape index (κ3) is 4.12. The zero-order chi connectivity index (χ0) is 20.3. The van der Waals surface area contributed by atoms with Gasteiger partial charge >= 0.3 is 0 Å². The molecule has 1 N–H and O–H groups in total. The molecule has 0 aliphatic heterocycles. The van der Waals surface area contributed by atoms with Crippen molar-refractivity contribution in [3.8, 4) is 17.1 Å². The summed E-state index contributed by atoms with van der Waals surface area (Å²) in [5.74, 6) is 1.07. The molecule has 0 fully saturated rings. The molecular weight excluding hydrogens is 358 g/mol. The van der Waals surface area contributed by atoms with Crippen LogP contribution in [0, 0.1) is 17.0 Å². The lowest BCUT2D eigenvalue weighted by molar-refractivity contribution is -0.384. The highest BCUT2D eigenvalue weighted by atomic mass is 16.6. The molecule has 0 unspecified atom stereocenters. The number of nitro benzene ring substituents is 1. The maximum Gasteiger partial charge on any atom is 0.269 e. The topological polar surface area (TPSA) is 105 Å². The summed E-state index contributed by atoms with van der Waals surface area (Å²) in [6, 6.07) is 14.9. The van der Waals surface area contributed by atoms with Crippen molar-refractivity contribution >= 4 is 17.2 Å². The van der Waals surface area contributed by atoms with Gasteiger partial charge in [0.2, 0.25) is 0 Å². The second kappa shape index (κ2) is 7.83. The fraction of sp³-hybridized carbons (Fsp3) is 0.150. The first-order chi connectivity index (χ1) is 13.3. The molecule has 0 spiro atoms. The van der Waals surface area contributed by atoms with Gasteiger partial charge in [0.25, 0.3) is 5.69 Å². The van der Waals surface area contributed by atoms with Gasteiger partial charge in [0, 0.05) is 30.9 Å². The van der Waals surface area contributed by atoms with Gasteiger partial charge in [-0.05, 0) is 43.7 Å². The molecule has 28 heavy (non-hydrogen) atoms. The van der Waals surface area contributed by atoms with Gasteiger partial charge in [-0.25, -0.2) is 9.97 Å². The van der Waals surface area contributed by atoms with Gasteiger partial charge in [-0.3, -0.25) is 15.1 Å². The number of aromatic hydroxyl groups is 1. The number of hydrogen-bond acceptors (Lipinski definition) is 7. The maximum atomic E-state index is 10.8. The number of rotatable bonds is 5. The lowest BCUT2D eigenvalue weighted by Gasteiger charge is -2.15. The molecule has 142 valence electrons. The number of aryl methyl sites for hydroxylation is 1. The average molecular weight is 377 g/mol. The standard InChI is InChI=1S/C20H19N5O3/c1-13-12-19(22-20(21-13)17-6-4-5-7-18(17)26)24(3)23-14(2)15-8-10-16(11-9-15)25(27)28/h4-12,26H,1-3H3. The highest BCUT2D eigenvalue weighted by Crippen LogP contribution is 2.27.